The molecular formula is C23H24FN3O3. The molecule has 2 aromatic carbocycles. The Morgan fingerprint density at radius 2 is 1.83 bits per heavy atom. The zero-order valence-electron chi connectivity index (χ0n) is 16.7. The van der Waals surface area contributed by atoms with Crippen LogP contribution in [0.5, 0.6) is 0 Å². The molecule has 0 radical (unpaired) electrons. The second-order valence-corrected chi connectivity index (χ2v) is 7.39. The molecule has 156 valence electrons. The van der Waals surface area contributed by atoms with Crippen molar-refractivity contribution in [1.82, 2.24) is 15.0 Å². The van der Waals surface area contributed by atoms with Gasteiger partial charge in [0.2, 0.25) is 5.91 Å². The molecule has 1 aliphatic rings. The summed E-state index contributed by atoms with van der Waals surface area (Å²) in [4.78, 5) is 18.7. The van der Waals surface area contributed by atoms with Crippen molar-refractivity contribution >= 4 is 5.91 Å². The average Bonchev–Trinajstić information content (AvgIpc) is 3.25. The zero-order chi connectivity index (χ0) is 20.8. The van der Waals surface area contributed by atoms with Crippen molar-refractivity contribution in [3.8, 4) is 11.5 Å². The third kappa shape index (κ3) is 5.30. The second kappa shape index (κ2) is 9.63. The standard InChI is InChI=1S/C23H24FN3O3/c24-19-8-6-17(7-9-19)16-22(28)27-13-10-20(11-14-27)29-15-12-21-25-23(30-26-21)18-4-2-1-3-5-18/h1-9,20H,10-16H2. The fourth-order valence-corrected chi connectivity index (χ4v) is 3.53. The van der Waals surface area contributed by atoms with E-state index in [-0.39, 0.29) is 17.8 Å². The van der Waals surface area contributed by atoms with E-state index in [2.05, 4.69) is 10.1 Å². The van der Waals surface area contributed by atoms with Crippen molar-refractivity contribution < 1.29 is 18.4 Å². The van der Waals surface area contributed by atoms with Crippen LogP contribution in [0.4, 0.5) is 4.39 Å². The quantitative estimate of drug-likeness (QED) is 0.596. The Labute approximate surface area is 174 Å². The van der Waals surface area contributed by atoms with E-state index in [1.807, 2.05) is 35.2 Å². The first-order chi connectivity index (χ1) is 14.7. The normalized spacial score (nSPS) is 14.8. The Bertz CT molecular complexity index is 951. The Hall–Kier alpha value is -3.06. The van der Waals surface area contributed by atoms with Gasteiger partial charge in [-0.2, -0.15) is 4.98 Å². The number of rotatable bonds is 7. The van der Waals surface area contributed by atoms with Crippen LogP contribution in [-0.4, -0.2) is 46.7 Å². The topological polar surface area (TPSA) is 68.5 Å². The number of ether oxygens (including phenoxy) is 1. The molecule has 1 aromatic heterocycles. The van der Waals surface area contributed by atoms with E-state index in [1.165, 1.54) is 12.1 Å². The minimum absolute atomic E-state index is 0.0697. The third-order valence-electron chi connectivity index (χ3n) is 5.23. The number of hydrogen-bond acceptors (Lipinski definition) is 5. The molecule has 1 fully saturated rings. The molecular weight excluding hydrogens is 385 g/mol. The highest BCUT2D eigenvalue weighted by Crippen LogP contribution is 2.18. The van der Waals surface area contributed by atoms with E-state index in [9.17, 15) is 9.18 Å². The molecule has 1 amide bonds. The van der Waals surface area contributed by atoms with Gasteiger partial charge in [-0.05, 0) is 42.7 Å². The Morgan fingerprint density at radius 1 is 1.10 bits per heavy atom. The molecule has 2 heterocycles. The van der Waals surface area contributed by atoms with E-state index in [0.29, 0.717) is 44.3 Å². The summed E-state index contributed by atoms with van der Waals surface area (Å²) in [7, 11) is 0. The number of halogens is 1. The lowest BCUT2D eigenvalue weighted by Gasteiger charge is -2.32. The Morgan fingerprint density at radius 3 is 2.57 bits per heavy atom. The van der Waals surface area contributed by atoms with Gasteiger partial charge in [0.1, 0.15) is 5.82 Å². The molecule has 0 atom stereocenters. The number of carbonyl (C=O) groups is 1. The summed E-state index contributed by atoms with van der Waals surface area (Å²) in [6.07, 6.45) is 2.61. The van der Waals surface area contributed by atoms with Crippen LogP contribution < -0.4 is 0 Å². The number of likely N-dealkylation sites (tertiary alicyclic amines) is 1. The van der Waals surface area contributed by atoms with Crippen LogP contribution in [0.3, 0.4) is 0 Å². The lowest BCUT2D eigenvalue weighted by molar-refractivity contribution is -0.133. The van der Waals surface area contributed by atoms with Crippen LogP contribution in [0.2, 0.25) is 0 Å². The second-order valence-electron chi connectivity index (χ2n) is 7.39. The molecule has 7 heteroatoms. The molecule has 0 N–H and O–H groups in total. The highest BCUT2D eigenvalue weighted by Gasteiger charge is 2.23. The van der Waals surface area contributed by atoms with Gasteiger partial charge in [0.05, 0.1) is 19.1 Å². The maximum absolute atomic E-state index is 13.0. The molecule has 6 nitrogen and oxygen atoms in total. The highest BCUT2D eigenvalue weighted by atomic mass is 19.1. The minimum Gasteiger partial charge on any atom is -0.378 e. The smallest absolute Gasteiger partial charge is 0.257 e. The molecule has 0 bridgehead atoms. The van der Waals surface area contributed by atoms with Crippen molar-refractivity contribution in [1.29, 1.82) is 0 Å². The number of benzene rings is 2. The van der Waals surface area contributed by atoms with E-state index >= 15 is 0 Å². The summed E-state index contributed by atoms with van der Waals surface area (Å²) in [5, 5.41) is 4.01. The van der Waals surface area contributed by atoms with Gasteiger partial charge in [0.15, 0.2) is 5.82 Å². The van der Waals surface area contributed by atoms with Gasteiger partial charge in [0, 0.05) is 25.1 Å². The summed E-state index contributed by atoms with van der Waals surface area (Å²) in [6, 6.07) is 15.7. The van der Waals surface area contributed by atoms with Crippen LogP contribution in [-0.2, 0) is 22.4 Å². The van der Waals surface area contributed by atoms with Crippen molar-refractivity contribution in [2.45, 2.75) is 31.8 Å². The van der Waals surface area contributed by atoms with E-state index in [1.54, 1.807) is 12.1 Å². The predicted octanol–water partition coefficient (Wildman–Crippen LogP) is 3.67. The monoisotopic (exact) mass is 409 g/mol. The summed E-state index contributed by atoms with van der Waals surface area (Å²) < 4.78 is 24.3. The number of piperidine rings is 1. The van der Waals surface area contributed by atoms with Crippen molar-refractivity contribution in [2.24, 2.45) is 0 Å². The average molecular weight is 409 g/mol. The van der Waals surface area contributed by atoms with Gasteiger partial charge in [-0.1, -0.05) is 35.5 Å². The summed E-state index contributed by atoms with van der Waals surface area (Å²) in [6.45, 7) is 1.86. The van der Waals surface area contributed by atoms with Crippen molar-refractivity contribution in [2.75, 3.05) is 19.7 Å². The number of amides is 1. The van der Waals surface area contributed by atoms with Crippen LogP contribution in [0.15, 0.2) is 59.1 Å². The first kappa shape index (κ1) is 20.2. The van der Waals surface area contributed by atoms with Gasteiger partial charge in [-0.3, -0.25) is 4.79 Å². The number of aromatic nitrogens is 2. The molecule has 1 saturated heterocycles. The Balaban J connectivity index is 1.18. The Kier molecular flexibility index (Phi) is 6.49. The fraction of sp³-hybridized carbons (Fsp3) is 0.348. The number of nitrogens with zero attached hydrogens (tertiary/aromatic N) is 3. The lowest BCUT2D eigenvalue weighted by atomic mass is 10.1. The van der Waals surface area contributed by atoms with Crippen LogP contribution in [0.1, 0.15) is 24.2 Å². The molecule has 0 aliphatic carbocycles. The SMILES string of the molecule is O=C(Cc1ccc(F)cc1)N1CCC(OCCc2noc(-c3ccccc3)n2)CC1. The summed E-state index contributed by atoms with van der Waals surface area (Å²) in [5.74, 6) is 0.918. The van der Waals surface area contributed by atoms with Gasteiger partial charge >= 0.3 is 0 Å². The molecule has 4 rings (SSSR count). The van der Waals surface area contributed by atoms with Gasteiger partial charge < -0.3 is 14.2 Å². The van der Waals surface area contributed by atoms with Gasteiger partial charge in [0.25, 0.3) is 5.89 Å². The molecule has 0 spiro atoms. The maximum Gasteiger partial charge on any atom is 0.257 e. The van der Waals surface area contributed by atoms with E-state index < -0.39 is 0 Å². The lowest BCUT2D eigenvalue weighted by Crippen LogP contribution is -2.41. The highest BCUT2D eigenvalue weighted by molar-refractivity contribution is 5.78. The van der Waals surface area contributed by atoms with Gasteiger partial charge in [-0.25, -0.2) is 4.39 Å². The third-order valence-corrected chi connectivity index (χ3v) is 5.23. The summed E-state index contributed by atoms with van der Waals surface area (Å²) >= 11 is 0. The molecule has 0 saturated carbocycles. The van der Waals surface area contributed by atoms with Gasteiger partial charge in [-0.15, -0.1) is 0 Å². The van der Waals surface area contributed by atoms with Crippen LogP contribution in [0.25, 0.3) is 11.5 Å². The minimum atomic E-state index is -0.290. The molecule has 3 aromatic rings. The van der Waals surface area contributed by atoms with Crippen LogP contribution >= 0.6 is 0 Å². The van der Waals surface area contributed by atoms with Crippen molar-refractivity contribution in [3.63, 3.8) is 0 Å². The van der Waals surface area contributed by atoms with Crippen LogP contribution in [0, 0.1) is 5.82 Å². The molecule has 0 unspecified atom stereocenters. The van der Waals surface area contributed by atoms with Crippen molar-refractivity contribution in [3.05, 3.63) is 71.8 Å². The summed E-state index contributed by atoms with van der Waals surface area (Å²) in [5.41, 5.74) is 1.73. The maximum atomic E-state index is 13.0. The fourth-order valence-electron chi connectivity index (χ4n) is 3.53. The van der Waals surface area contributed by atoms with E-state index in [0.717, 1.165) is 24.0 Å². The van der Waals surface area contributed by atoms with E-state index in [4.69, 9.17) is 9.26 Å². The first-order valence-corrected chi connectivity index (χ1v) is 10.2. The number of carbonyl (C=O) groups excluding carboxylic acids is 1. The molecule has 1 aliphatic heterocycles. The first-order valence-electron chi connectivity index (χ1n) is 10.2. The molecule has 30 heavy (non-hydrogen) atoms. The predicted molar refractivity (Wildman–Crippen MR) is 109 cm³/mol. The number of hydrogen-bond donors (Lipinski definition) is 0. The zero-order valence-corrected chi connectivity index (χ0v) is 16.7. The largest absolute Gasteiger partial charge is 0.378 e.